The zero-order chi connectivity index (χ0) is 23.4. The van der Waals surface area contributed by atoms with Gasteiger partial charge < -0.3 is 4.90 Å². The Balaban J connectivity index is 1.55. The smallest absolute Gasteiger partial charge is 0.267 e. The fraction of sp³-hybridized carbons (Fsp3) is 0.450. The van der Waals surface area contributed by atoms with Gasteiger partial charge in [0.1, 0.15) is 17.7 Å². The van der Waals surface area contributed by atoms with Crippen LogP contribution in [0, 0.1) is 22.7 Å². The molecule has 1 aromatic carbocycles. The molecule has 2 fully saturated rings. The number of carbonyl (C=O) groups excluding carboxylic acids is 1. The van der Waals surface area contributed by atoms with Crippen molar-refractivity contribution < 1.29 is 35.2 Å². The fourth-order valence-corrected chi connectivity index (χ4v) is 5.76. The maximum Gasteiger partial charge on any atom is 0.267 e. The van der Waals surface area contributed by atoms with Crippen LogP contribution < -0.4 is 4.72 Å². The Morgan fingerprint density at radius 3 is 2.50 bits per heavy atom. The average Bonchev–Trinajstić information content (AvgIpc) is 3.37. The molecule has 0 bridgehead atoms. The van der Waals surface area contributed by atoms with Gasteiger partial charge in [0.25, 0.3) is 5.92 Å². The van der Waals surface area contributed by atoms with Gasteiger partial charge in [-0.05, 0) is 18.6 Å². The minimum absolute atomic E-state index is 0.0326. The topological polar surface area (TPSA) is 66.5 Å². The highest BCUT2D eigenvalue weighted by Crippen LogP contribution is 2.54. The maximum absolute atomic E-state index is 14.6. The first-order valence-electron chi connectivity index (χ1n) is 9.74. The zero-order valence-corrected chi connectivity index (χ0v) is 18.4. The Morgan fingerprint density at radius 2 is 1.88 bits per heavy atom. The van der Waals surface area contributed by atoms with E-state index in [4.69, 9.17) is 0 Å². The molecule has 1 saturated carbocycles. The summed E-state index contributed by atoms with van der Waals surface area (Å²) in [5, 5.41) is 0.629. The second-order valence-corrected chi connectivity index (χ2v) is 10.7. The van der Waals surface area contributed by atoms with E-state index in [1.165, 1.54) is 11.4 Å². The van der Waals surface area contributed by atoms with E-state index in [2.05, 4.69) is 0 Å². The van der Waals surface area contributed by atoms with Gasteiger partial charge in [-0.15, -0.1) is 11.3 Å². The van der Waals surface area contributed by atoms with Crippen LogP contribution in [0.2, 0.25) is 0 Å². The summed E-state index contributed by atoms with van der Waals surface area (Å²) in [4.78, 5) is 14.1. The first kappa shape index (κ1) is 23.1. The highest BCUT2D eigenvalue weighted by Gasteiger charge is 2.52. The van der Waals surface area contributed by atoms with Crippen LogP contribution in [0.15, 0.2) is 23.6 Å². The zero-order valence-electron chi connectivity index (χ0n) is 16.7. The van der Waals surface area contributed by atoms with Crippen molar-refractivity contribution in [3.05, 3.63) is 45.9 Å². The standard InChI is InChI=1S/C20H19F5N2O3S2/c1-32(29,30)26-15-8-27(6-5-20(15,24)25)19(28)11-7-10(11)16-12(9-31-18(16)23)17-13(21)3-2-4-14(17)22/h2-4,9-11,15,26H,5-8H2,1H3/t10-,11-,15-/m1/s1. The van der Waals surface area contributed by atoms with Crippen molar-refractivity contribution in [2.45, 2.75) is 30.7 Å². The normalized spacial score (nSPS) is 25.1. The number of thiophene rings is 1. The Hall–Kier alpha value is -2.05. The molecule has 1 aliphatic heterocycles. The molecule has 1 amide bonds. The molecule has 0 unspecified atom stereocenters. The molecule has 1 N–H and O–H groups in total. The summed E-state index contributed by atoms with van der Waals surface area (Å²) in [5.74, 6) is -6.94. The molecule has 174 valence electrons. The SMILES string of the molecule is CS(=O)(=O)N[C@@H]1CN(C(=O)[C@@H]2C[C@H]2c2c(-c3c(F)cccc3F)csc2F)CCC1(F)F. The molecule has 4 rings (SSSR count). The number of hydrogen-bond acceptors (Lipinski definition) is 4. The molecule has 1 aliphatic carbocycles. The van der Waals surface area contributed by atoms with Crippen molar-refractivity contribution >= 4 is 27.3 Å². The number of halogens is 5. The first-order valence-corrected chi connectivity index (χ1v) is 12.5. The number of amides is 1. The summed E-state index contributed by atoms with van der Waals surface area (Å²) in [6.07, 6.45) is 0.234. The lowest BCUT2D eigenvalue weighted by atomic mass is 9.98. The van der Waals surface area contributed by atoms with Gasteiger partial charge in [0.05, 0.1) is 11.8 Å². The Labute approximate surface area is 185 Å². The number of benzene rings is 1. The lowest BCUT2D eigenvalue weighted by molar-refractivity contribution is -0.141. The summed E-state index contributed by atoms with van der Waals surface area (Å²) < 4.78 is 96.1. The third-order valence-corrected chi connectivity index (χ3v) is 7.28. The van der Waals surface area contributed by atoms with E-state index in [1.54, 1.807) is 0 Å². The van der Waals surface area contributed by atoms with Crippen molar-refractivity contribution in [1.82, 2.24) is 9.62 Å². The van der Waals surface area contributed by atoms with Crippen LogP contribution in [0.4, 0.5) is 22.0 Å². The number of rotatable bonds is 5. The quantitative estimate of drug-likeness (QED) is 0.645. The minimum Gasteiger partial charge on any atom is -0.340 e. The second-order valence-electron chi connectivity index (χ2n) is 8.12. The van der Waals surface area contributed by atoms with Crippen LogP contribution in [-0.2, 0) is 14.8 Å². The highest BCUT2D eigenvalue weighted by molar-refractivity contribution is 7.88. The largest absolute Gasteiger partial charge is 0.340 e. The van der Waals surface area contributed by atoms with Gasteiger partial charge in [-0.3, -0.25) is 4.79 Å². The van der Waals surface area contributed by atoms with Crippen molar-refractivity contribution in [3.63, 3.8) is 0 Å². The predicted octanol–water partition coefficient (Wildman–Crippen LogP) is 3.72. The molecule has 5 nitrogen and oxygen atoms in total. The third-order valence-electron chi connectivity index (χ3n) is 5.79. The van der Waals surface area contributed by atoms with E-state index in [0.717, 1.165) is 23.3 Å². The Morgan fingerprint density at radius 1 is 1.22 bits per heavy atom. The van der Waals surface area contributed by atoms with Gasteiger partial charge in [-0.1, -0.05) is 6.07 Å². The number of sulfonamides is 1. The summed E-state index contributed by atoms with van der Waals surface area (Å²) in [6.45, 7) is -0.805. The second kappa shape index (κ2) is 8.07. The molecule has 0 spiro atoms. The number of carbonyl (C=O) groups is 1. The van der Waals surface area contributed by atoms with Crippen LogP contribution in [0.25, 0.3) is 11.1 Å². The molecule has 2 heterocycles. The Bertz CT molecular complexity index is 1150. The van der Waals surface area contributed by atoms with Gasteiger partial charge in [0.2, 0.25) is 15.9 Å². The average molecular weight is 495 g/mol. The summed E-state index contributed by atoms with van der Waals surface area (Å²) >= 11 is 0.667. The molecule has 1 aromatic heterocycles. The molecule has 12 heteroatoms. The minimum atomic E-state index is -3.93. The lowest BCUT2D eigenvalue weighted by Gasteiger charge is -2.38. The van der Waals surface area contributed by atoms with Crippen LogP contribution >= 0.6 is 11.3 Å². The van der Waals surface area contributed by atoms with Crippen molar-refractivity contribution in [2.24, 2.45) is 5.92 Å². The van der Waals surface area contributed by atoms with E-state index >= 15 is 0 Å². The molecule has 2 aliphatic rings. The van der Waals surface area contributed by atoms with Crippen LogP contribution in [0.3, 0.4) is 0 Å². The number of likely N-dealkylation sites (tertiary alicyclic amines) is 1. The van der Waals surface area contributed by atoms with Gasteiger partial charge in [0, 0.05) is 47.9 Å². The van der Waals surface area contributed by atoms with E-state index in [0.29, 0.717) is 11.3 Å². The van der Waals surface area contributed by atoms with E-state index in [9.17, 15) is 35.2 Å². The van der Waals surface area contributed by atoms with E-state index in [-0.39, 0.29) is 29.7 Å². The molecule has 0 radical (unpaired) electrons. The van der Waals surface area contributed by atoms with Crippen LogP contribution in [0.1, 0.15) is 24.3 Å². The predicted molar refractivity (Wildman–Crippen MR) is 108 cm³/mol. The number of nitrogens with one attached hydrogen (secondary N) is 1. The van der Waals surface area contributed by atoms with Crippen LogP contribution in [0.5, 0.6) is 0 Å². The monoisotopic (exact) mass is 494 g/mol. The molecule has 32 heavy (non-hydrogen) atoms. The number of nitrogens with zero attached hydrogens (tertiary/aromatic N) is 1. The first-order chi connectivity index (χ1) is 14.9. The summed E-state index contributed by atoms with van der Waals surface area (Å²) in [7, 11) is -3.93. The van der Waals surface area contributed by atoms with E-state index < -0.39 is 69.5 Å². The molecule has 2 aromatic rings. The third kappa shape index (κ3) is 4.40. The fourth-order valence-electron chi connectivity index (χ4n) is 4.14. The van der Waals surface area contributed by atoms with Gasteiger partial charge in [-0.2, -0.15) is 4.39 Å². The van der Waals surface area contributed by atoms with Gasteiger partial charge in [0.15, 0.2) is 5.13 Å². The number of piperidine rings is 1. The highest BCUT2D eigenvalue weighted by atomic mass is 32.2. The Kier molecular flexibility index (Phi) is 5.83. The molecule has 1 saturated heterocycles. The lowest BCUT2D eigenvalue weighted by Crippen LogP contribution is -2.59. The maximum atomic E-state index is 14.6. The molecular weight excluding hydrogens is 475 g/mol. The summed E-state index contributed by atoms with van der Waals surface area (Å²) in [6, 6.07) is 1.52. The summed E-state index contributed by atoms with van der Waals surface area (Å²) in [5.41, 5.74) is -0.313. The van der Waals surface area contributed by atoms with E-state index in [1.807, 2.05) is 4.72 Å². The molecule has 3 atom stereocenters. The van der Waals surface area contributed by atoms with Crippen molar-refractivity contribution in [3.8, 4) is 11.1 Å². The van der Waals surface area contributed by atoms with Crippen molar-refractivity contribution in [1.29, 1.82) is 0 Å². The van der Waals surface area contributed by atoms with Gasteiger partial charge >= 0.3 is 0 Å². The number of alkyl halides is 2. The van der Waals surface area contributed by atoms with Gasteiger partial charge in [-0.25, -0.2) is 30.7 Å². The van der Waals surface area contributed by atoms with Crippen LogP contribution in [-0.4, -0.2) is 50.5 Å². The molecular formula is C20H19F5N2O3S2. The van der Waals surface area contributed by atoms with Crippen molar-refractivity contribution in [2.75, 3.05) is 19.3 Å². The number of hydrogen-bond donors (Lipinski definition) is 1.